The number of hydrogen-bond acceptors (Lipinski definition) is 1. The Morgan fingerprint density at radius 2 is 2.07 bits per heavy atom. The molecule has 1 aromatic rings. The van der Waals surface area contributed by atoms with Gasteiger partial charge in [-0.1, -0.05) is 13.3 Å². The molecule has 0 aliphatic rings. The van der Waals surface area contributed by atoms with Gasteiger partial charge in [0.25, 0.3) is 0 Å². The SMILES string of the molecule is CCCC(CCl)(CCl)Cc1ccco1. The summed E-state index contributed by atoms with van der Waals surface area (Å²) >= 11 is 12.0. The van der Waals surface area contributed by atoms with Crippen LogP contribution in [0.5, 0.6) is 0 Å². The molecule has 1 rings (SSSR count). The highest BCUT2D eigenvalue weighted by Gasteiger charge is 2.28. The van der Waals surface area contributed by atoms with E-state index in [-0.39, 0.29) is 5.41 Å². The van der Waals surface area contributed by atoms with Crippen LogP contribution in [0.2, 0.25) is 0 Å². The van der Waals surface area contributed by atoms with Crippen LogP contribution in [0.3, 0.4) is 0 Å². The van der Waals surface area contributed by atoms with E-state index in [1.165, 1.54) is 0 Å². The van der Waals surface area contributed by atoms with Crippen LogP contribution in [0.1, 0.15) is 25.5 Å². The molecule has 0 N–H and O–H groups in total. The summed E-state index contributed by atoms with van der Waals surface area (Å²) in [5.41, 5.74) is -0.00425. The zero-order valence-corrected chi connectivity index (χ0v) is 9.94. The summed E-state index contributed by atoms with van der Waals surface area (Å²) in [6.45, 7) is 2.15. The van der Waals surface area contributed by atoms with Crippen molar-refractivity contribution in [2.75, 3.05) is 11.8 Å². The molecular weight excluding hydrogens is 219 g/mol. The molecule has 1 nitrogen and oxygen atoms in total. The van der Waals surface area contributed by atoms with Crippen molar-refractivity contribution < 1.29 is 4.42 Å². The van der Waals surface area contributed by atoms with Gasteiger partial charge in [0, 0.05) is 23.6 Å². The Hall–Kier alpha value is -0.140. The van der Waals surface area contributed by atoms with Crippen LogP contribution in [0.4, 0.5) is 0 Å². The molecular formula is C11H16Cl2O. The van der Waals surface area contributed by atoms with E-state index in [0.717, 1.165) is 25.0 Å². The highest BCUT2D eigenvalue weighted by atomic mass is 35.5. The third kappa shape index (κ3) is 2.93. The zero-order valence-electron chi connectivity index (χ0n) is 8.43. The quantitative estimate of drug-likeness (QED) is 0.677. The number of hydrogen-bond donors (Lipinski definition) is 0. The van der Waals surface area contributed by atoms with Gasteiger partial charge in [0.15, 0.2) is 0 Å². The van der Waals surface area contributed by atoms with E-state index in [2.05, 4.69) is 6.92 Å². The van der Waals surface area contributed by atoms with Gasteiger partial charge in [-0.2, -0.15) is 0 Å². The van der Waals surface area contributed by atoms with Crippen molar-refractivity contribution in [3.63, 3.8) is 0 Å². The maximum atomic E-state index is 5.99. The highest BCUT2D eigenvalue weighted by molar-refractivity contribution is 6.21. The van der Waals surface area contributed by atoms with Crippen molar-refractivity contribution in [1.29, 1.82) is 0 Å². The smallest absolute Gasteiger partial charge is 0.104 e. The maximum absolute atomic E-state index is 5.99. The number of halogens is 2. The minimum Gasteiger partial charge on any atom is -0.469 e. The Morgan fingerprint density at radius 1 is 1.36 bits per heavy atom. The van der Waals surface area contributed by atoms with E-state index in [9.17, 15) is 0 Å². The third-order valence-electron chi connectivity index (χ3n) is 2.48. The van der Waals surface area contributed by atoms with Crippen molar-refractivity contribution >= 4 is 23.2 Å². The molecule has 0 saturated heterocycles. The summed E-state index contributed by atoms with van der Waals surface area (Å²) in [6.07, 6.45) is 4.66. The topological polar surface area (TPSA) is 13.1 Å². The average molecular weight is 235 g/mol. The predicted octanol–water partition coefficient (Wildman–Crippen LogP) is 4.09. The van der Waals surface area contributed by atoms with E-state index >= 15 is 0 Å². The highest BCUT2D eigenvalue weighted by Crippen LogP contribution is 2.31. The molecule has 0 bridgehead atoms. The van der Waals surface area contributed by atoms with Crippen molar-refractivity contribution in [3.05, 3.63) is 24.2 Å². The van der Waals surface area contributed by atoms with Gasteiger partial charge in [-0.25, -0.2) is 0 Å². The van der Waals surface area contributed by atoms with Crippen molar-refractivity contribution in [2.24, 2.45) is 5.41 Å². The molecule has 14 heavy (non-hydrogen) atoms. The Kier molecular flexibility index (Phi) is 4.83. The first-order valence-corrected chi connectivity index (χ1v) is 5.97. The third-order valence-corrected chi connectivity index (χ3v) is 3.61. The van der Waals surface area contributed by atoms with Gasteiger partial charge < -0.3 is 4.42 Å². The van der Waals surface area contributed by atoms with Crippen LogP contribution < -0.4 is 0 Å². The molecule has 1 aromatic heterocycles. The monoisotopic (exact) mass is 234 g/mol. The van der Waals surface area contributed by atoms with E-state index < -0.39 is 0 Å². The zero-order chi connectivity index (χ0) is 10.4. The fourth-order valence-corrected chi connectivity index (χ4v) is 2.41. The molecule has 1 heterocycles. The molecule has 0 spiro atoms. The normalized spacial score (nSPS) is 11.9. The van der Waals surface area contributed by atoms with Crippen LogP contribution in [-0.4, -0.2) is 11.8 Å². The van der Waals surface area contributed by atoms with Crippen molar-refractivity contribution in [1.82, 2.24) is 0 Å². The molecule has 0 fully saturated rings. The Morgan fingerprint density at radius 3 is 2.50 bits per heavy atom. The summed E-state index contributed by atoms with van der Waals surface area (Å²) in [5.74, 6) is 2.15. The summed E-state index contributed by atoms with van der Waals surface area (Å²) in [4.78, 5) is 0. The van der Waals surface area contributed by atoms with Gasteiger partial charge >= 0.3 is 0 Å². The van der Waals surface area contributed by atoms with Gasteiger partial charge in [0.2, 0.25) is 0 Å². The van der Waals surface area contributed by atoms with Gasteiger partial charge in [0.1, 0.15) is 5.76 Å². The van der Waals surface area contributed by atoms with Gasteiger partial charge in [-0.3, -0.25) is 0 Å². The average Bonchev–Trinajstić information content (AvgIpc) is 2.69. The molecule has 0 aliphatic carbocycles. The van der Waals surface area contributed by atoms with Crippen LogP contribution >= 0.6 is 23.2 Å². The Balaban J connectivity index is 2.67. The largest absolute Gasteiger partial charge is 0.469 e. The van der Waals surface area contributed by atoms with Gasteiger partial charge in [-0.05, 0) is 18.6 Å². The van der Waals surface area contributed by atoms with E-state index in [1.807, 2.05) is 12.1 Å². The summed E-state index contributed by atoms with van der Waals surface area (Å²) < 4.78 is 5.32. The molecule has 0 aromatic carbocycles. The lowest BCUT2D eigenvalue weighted by Gasteiger charge is -2.28. The number of furan rings is 1. The van der Waals surface area contributed by atoms with Gasteiger partial charge in [-0.15, -0.1) is 23.2 Å². The molecule has 0 saturated carbocycles. The lowest BCUT2D eigenvalue weighted by Crippen LogP contribution is -2.27. The summed E-state index contributed by atoms with van der Waals surface area (Å²) in [6, 6.07) is 3.87. The van der Waals surface area contributed by atoms with Crippen molar-refractivity contribution in [2.45, 2.75) is 26.2 Å². The van der Waals surface area contributed by atoms with E-state index in [1.54, 1.807) is 6.26 Å². The summed E-state index contributed by atoms with van der Waals surface area (Å²) in [5, 5.41) is 0. The minimum absolute atomic E-state index is 0.00425. The molecule has 0 unspecified atom stereocenters. The number of rotatable bonds is 6. The molecule has 0 atom stereocenters. The van der Waals surface area contributed by atoms with Crippen LogP contribution in [0, 0.1) is 5.41 Å². The molecule has 0 amide bonds. The molecule has 0 radical (unpaired) electrons. The van der Waals surface area contributed by atoms with Crippen LogP contribution in [0.15, 0.2) is 22.8 Å². The summed E-state index contributed by atoms with van der Waals surface area (Å²) in [7, 11) is 0. The molecule has 3 heteroatoms. The molecule has 0 aliphatic heterocycles. The second kappa shape index (κ2) is 5.67. The predicted molar refractivity (Wildman–Crippen MR) is 61.2 cm³/mol. The lowest BCUT2D eigenvalue weighted by atomic mass is 9.83. The van der Waals surface area contributed by atoms with Crippen LogP contribution in [0.25, 0.3) is 0 Å². The fraction of sp³-hybridized carbons (Fsp3) is 0.636. The van der Waals surface area contributed by atoms with E-state index in [4.69, 9.17) is 27.6 Å². The Bertz CT molecular complexity index is 240. The fourth-order valence-electron chi connectivity index (χ4n) is 1.67. The first-order valence-electron chi connectivity index (χ1n) is 4.90. The van der Waals surface area contributed by atoms with E-state index in [0.29, 0.717) is 11.8 Å². The maximum Gasteiger partial charge on any atom is 0.104 e. The number of alkyl halides is 2. The first kappa shape index (κ1) is 11.9. The second-order valence-electron chi connectivity index (χ2n) is 3.77. The molecule has 80 valence electrons. The second-order valence-corrected chi connectivity index (χ2v) is 4.31. The standard InChI is InChI=1S/C11H16Cl2O/c1-2-5-11(8-12,9-13)7-10-4-3-6-14-10/h3-4,6H,2,5,7-9H2,1H3. The minimum atomic E-state index is -0.00425. The Labute approximate surface area is 95.4 Å². The lowest BCUT2D eigenvalue weighted by molar-refractivity contribution is 0.312. The first-order chi connectivity index (χ1) is 6.76. The van der Waals surface area contributed by atoms with Crippen molar-refractivity contribution in [3.8, 4) is 0 Å². The van der Waals surface area contributed by atoms with Gasteiger partial charge in [0.05, 0.1) is 6.26 Å². The van der Waals surface area contributed by atoms with Crippen LogP contribution in [-0.2, 0) is 6.42 Å².